The molecule has 0 aliphatic rings. The summed E-state index contributed by atoms with van der Waals surface area (Å²) >= 11 is 0. The molecule has 2 N–H and O–H groups in total. The van der Waals surface area contributed by atoms with Gasteiger partial charge in [-0.2, -0.15) is 5.10 Å². The number of nitrogens with one attached hydrogen (secondary N) is 2. The van der Waals surface area contributed by atoms with Gasteiger partial charge in [0.1, 0.15) is 0 Å². The average molecular weight is 294 g/mol. The van der Waals surface area contributed by atoms with Crippen molar-refractivity contribution in [3.63, 3.8) is 0 Å². The number of hydrogen-bond acceptors (Lipinski definition) is 3. The van der Waals surface area contributed by atoms with Crippen molar-refractivity contribution >= 4 is 17.5 Å². The molecule has 0 bridgehead atoms. The molecule has 1 rings (SSSR count). The molecule has 2 amide bonds. The van der Waals surface area contributed by atoms with Crippen LogP contribution in [-0.2, 0) is 11.3 Å². The third kappa shape index (κ3) is 4.58. The number of anilines is 1. The molecule has 0 atom stereocenters. The van der Waals surface area contributed by atoms with Crippen molar-refractivity contribution in [2.24, 2.45) is 5.92 Å². The van der Waals surface area contributed by atoms with Crippen LogP contribution >= 0.6 is 0 Å². The first-order chi connectivity index (χ1) is 10.1. The Bertz CT molecular complexity index is 478. The lowest BCUT2D eigenvalue weighted by molar-refractivity contribution is -0.120. The van der Waals surface area contributed by atoms with Gasteiger partial charge >= 0.3 is 0 Å². The van der Waals surface area contributed by atoms with Gasteiger partial charge in [0.25, 0.3) is 5.91 Å². The number of carbonyl (C=O) groups is 2. The molecule has 6 heteroatoms. The minimum Gasteiger partial charge on any atom is -0.351 e. The van der Waals surface area contributed by atoms with Crippen molar-refractivity contribution in [1.29, 1.82) is 0 Å². The first-order valence-electron chi connectivity index (χ1n) is 7.73. The molecule has 0 aromatic carbocycles. The summed E-state index contributed by atoms with van der Waals surface area (Å²) in [7, 11) is 0. The van der Waals surface area contributed by atoms with Gasteiger partial charge in [0.05, 0.1) is 5.69 Å². The second kappa shape index (κ2) is 8.44. The van der Waals surface area contributed by atoms with Crippen LogP contribution in [0.25, 0.3) is 0 Å². The fourth-order valence-electron chi connectivity index (χ4n) is 2.06. The predicted molar refractivity (Wildman–Crippen MR) is 83.2 cm³/mol. The van der Waals surface area contributed by atoms with Crippen molar-refractivity contribution in [2.45, 2.75) is 53.5 Å². The van der Waals surface area contributed by atoms with E-state index in [1.165, 1.54) is 0 Å². The molecule has 6 nitrogen and oxygen atoms in total. The zero-order valence-electron chi connectivity index (χ0n) is 13.4. The van der Waals surface area contributed by atoms with E-state index in [1.807, 2.05) is 27.7 Å². The van der Waals surface area contributed by atoms with Crippen molar-refractivity contribution in [1.82, 2.24) is 15.1 Å². The molecule has 118 valence electrons. The zero-order valence-corrected chi connectivity index (χ0v) is 13.4. The highest BCUT2D eigenvalue weighted by atomic mass is 16.2. The van der Waals surface area contributed by atoms with E-state index in [-0.39, 0.29) is 23.4 Å². The molecule has 0 aliphatic carbocycles. The number of nitrogens with zero attached hydrogens (tertiary/aromatic N) is 2. The number of amides is 2. The summed E-state index contributed by atoms with van der Waals surface area (Å²) < 4.78 is 1.66. The lowest BCUT2D eigenvalue weighted by Gasteiger charge is -2.12. The Labute approximate surface area is 126 Å². The van der Waals surface area contributed by atoms with E-state index in [9.17, 15) is 9.59 Å². The van der Waals surface area contributed by atoms with E-state index in [0.29, 0.717) is 18.8 Å². The molecule has 0 radical (unpaired) electrons. The van der Waals surface area contributed by atoms with Crippen LogP contribution in [0.2, 0.25) is 0 Å². The van der Waals surface area contributed by atoms with Crippen LogP contribution < -0.4 is 10.6 Å². The first kappa shape index (κ1) is 17.2. The third-order valence-electron chi connectivity index (χ3n) is 3.45. The van der Waals surface area contributed by atoms with E-state index in [2.05, 4.69) is 15.7 Å². The van der Waals surface area contributed by atoms with Gasteiger partial charge < -0.3 is 10.6 Å². The fourth-order valence-corrected chi connectivity index (χ4v) is 2.06. The minimum atomic E-state index is -0.246. The van der Waals surface area contributed by atoms with Crippen LogP contribution in [0.5, 0.6) is 0 Å². The van der Waals surface area contributed by atoms with Crippen LogP contribution in [0.4, 0.5) is 5.69 Å². The molecule has 1 aromatic rings. The lowest BCUT2D eigenvalue weighted by atomic mass is 10.0. The zero-order chi connectivity index (χ0) is 15.8. The number of carbonyl (C=O) groups excluding carboxylic acids is 2. The molecule has 1 heterocycles. The SMILES string of the molecule is CCCNC(=O)c1nn(CC)cc1NC(=O)C(CC)CC. The van der Waals surface area contributed by atoms with E-state index in [0.717, 1.165) is 19.3 Å². The Morgan fingerprint density at radius 1 is 1.24 bits per heavy atom. The average Bonchev–Trinajstić information content (AvgIpc) is 2.89. The predicted octanol–water partition coefficient (Wildman–Crippen LogP) is 2.42. The monoisotopic (exact) mass is 294 g/mol. The normalized spacial score (nSPS) is 10.7. The highest BCUT2D eigenvalue weighted by Crippen LogP contribution is 2.17. The smallest absolute Gasteiger partial charge is 0.273 e. The summed E-state index contributed by atoms with van der Waals surface area (Å²) in [6.45, 7) is 9.14. The maximum absolute atomic E-state index is 12.2. The highest BCUT2D eigenvalue weighted by molar-refractivity contribution is 6.02. The van der Waals surface area contributed by atoms with Crippen LogP contribution in [0.15, 0.2) is 6.20 Å². The van der Waals surface area contributed by atoms with Gasteiger partial charge in [0.2, 0.25) is 5.91 Å². The van der Waals surface area contributed by atoms with E-state index in [1.54, 1.807) is 10.9 Å². The molecule has 0 saturated heterocycles. The number of aromatic nitrogens is 2. The molecule has 0 saturated carbocycles. The summed E-state index contributed by atoms with van der Waals surface area (Å²) in [5.41, 5.74) is 0.770. The van der Waals surface area contributed by atoms with Gasteiger partial charge in [0, 0.05) is 25.2 Å². The fraction of sp³-hybridized carbons (Fsp3) is 0.667. The third-order valence-corrected chi connectivity index (χ3v) is 3.45. The van der Waals surface area contributed by atoms with Crippen LogP contribution in [0.3, 0.4) is 0 Å². The van der Waals surface area contributed by atoms with Gasteiger partial charge in [-0.25, -0.2) is 0 Å². The molecule has 21 heavy (non-hydrogen) atoms. The summed E-state index contributed by atoms with van der Waals surface area (Å²) in [5.74, 6) is -0.342. The van der Waals surface area contributed by atoms with Crippen molar-refractivity contribution in [3.8, 4) is 0 Å². The Hall–Kier alpha value is -1.85. The lowest BCUT2D eigenvalue weighted by Crippen LogP contribution is -2.27. The second-order valence-electron chi connectivity index (χ2n) is 5.01. The van der Waals surface area contributed by atoms with E-state index >= 15 is 0 Å². The molecule has 1 aromatic heterocycles. The molecule has 0 aliphatic heterocycles. The van der Waals surface area contributed by atoms with Crippen molar-refractivity contribution < 1.29 is 9.59 Å². The summed E-state index contributed by atoms with van der Waals surface area (Å²) in [6, 6.07) is 0. The topological polar surface area (TPSA) is 76.0 Å². The van der Waals surface area contributed by atoms with Crippen LogP contribution in [-0.4, -0.2) is 28.1 Å². The van der Waals surface area contributed by atoms with Crippen LogP contribution in [0, 0.1) is 5.92 Å². The quantitative estimate of drug-likeness (QED) is 0.773. The van der Waals surface area contributed by atoms with Gasteiger partial charge in [0.15, 0.2) is 5.69 Å². The summed E-state index contributed by atoms with van der Waals surface area (Å²) in [4.78, 5) is 24.3. The Kier molecular flexibility index (Phi) is 6.91. The van der Waals surface area contributed by atoms with Crippen molar-refractivity contribution in [3.05, 3.63) is 11.9 Å². The molecule has 0 spiro atoms. The molecular formula is C15H26N4O2. The standard InChI is InChI=1S/C15H26N4O2/c1-5-9-16-15(21)13-12(10-19(8-4)18-13)17-14(20)11(6-2)7-3/h10-11H,5-9H2,1-4H3,(H,16,21)(H,17,20). The van der Waals surface area contributed by atoms with Gasteiger partial charge in [-0.3, -0.25) is 14.3 Å². The largest absolute Gasteiger partial charge is 0.351 e. The number of rotatable bonds is 8. The first-order valence-corrected chi connectivity index (χ1v) is 7.73. The van der Waals surface area contributed by atoms with E-state index in [4.69, 9.17) is 0 Å². The maximum atomic E-state index is 12.2. The summed E-state index contributed by atoms with van der Waals surface area (Å²) in [5, 5.41) is 9.87. The molecular weight excluding hydrogens is 268 g/mol. The van der Waals surface area contributed by atoms with Crippen LogP contribution in [0.1, 0.15) is 57.4 Å². The number of aryl methyl sites for hydroxylation is 1. The van der Waals surface area contributed by atoms with Gasteiger partial charge in [-0.05, 0) is 26.2 Å². The summed E-state index contributed by atoms with van der Waals surface area (Å²) in [6.07, 6.45) is 4.13. The Morgan fingerprint density at radius 2 is 1.90 bits per heavy atom. The maximum Gasteiger partial charge on any atom is 0.273 e. The number of hydrogen-bond donors (Lipinski definition) is 2. The van der Waals surface area contributed by atoms with E-state index < -0.39 is 0 Å². The van der Waals surface area contributed by atoms with Crippen molar-refractivity contribution in [2.75, 3.05) is 11.9 Å². The van der Waals surface area contributed by atoms with Gasteiger partial charge in [-0.1, -0.05) is 20.8 Å². The molecule has 0 fully saturated rings. The Morgan fingerprint density at radius 3 is 2.43 bits per heavy atom. The minimum absolute atomic E-state index is 0.0403. The second-order valence-corrected chi connectivity index (χ2v) is 5.01. The Balaban J connectivity index is 2.92. The van der Waals surface area contributed by atoms with Gasteiger partial charge in [-0.15, -0.1) is 0 Å². The molecule has 0 unspecified atom stereocenters. The highest BCUT2D eigenvalue weighted by Gasteiger charge is 2.21.